The lowest BCUT2D eigenvalue weighted by atomic mass is 10.2. The molecule has 66 valence electrons. The van der Waals surface area contributed by atoms with Gasteiger partial charge >= 0.3 is 0 Å². The second-order valence-corrected chi connectivity index (χ2v) is 4.70. The highest BCUT2D eigenvalue weighted by atomic mass is 79.9. The van der Waals surface area contributed by atoms with Crippen molar-refractivity contribution in [2.24, 2.45) is 0 Å². The van der Waals surface area contributed by atoms with Crippen LogP contribution in [0.2, 0.25) is 0 Å². The number of halogens is 1. The summed E-state index contributed by atoms with van der Waals surface area (Å²) in [5.74, 6) is 0. The van der Waals surface area contributed by atoms with E-state index in [4.69, 9.17) is 12.2 Å². The highest BCUT2D eigenvalue weighted by Gasteiger charge is 2.01. The summed E-state index contributed by atoms with van der Waals surface area (Å²) < 4.78 is 3.51. The van der Waals surface area contributed by atoms with Crippen molar-refractivity contribution < 1.29 is 0 Å². The molecule has 0 aliphatic carbocycles. The monoisotopic (exact) mass is 271 g/mol. The van der Waals surface area contributed by atoms with Crippen LogP contribution in [0, 0.1) is 0 Å². The molecule has 2 aromatic rings. The van der Waals surface area contributed by atoms with Crippen LogP contribution in [0.15, 0.2) is 34.9 Å². The zero-order valence-corrected chi connectivity index (χ0v) is 9.86. The molecule has 0 spiro atoms. The summed E-state index contributed by atoms with van der Waals surface area (Å²) in [5, 5.41) is 1.16. The highest BCUT2D eigenvalue weighted by Crippen LogP contribution is 2.21. The predicted octanol–water partition coefficient (Wildman–Crippen LogP) is 3.47. The van der Waals surface area contributed by atoms with Crippen LogP contribution in [0.3, 0.4) is 0 Å². The van der Waals surface area contributed by atoms with Gasteiger partial charge in [-0.15, -0.1) is 12.6 Å². The molecule has 13 heavy (non-hydrogen) atoms. The van der Waals surface area contributed by atoms with Gasteiger partial charge in [-0.2, -0.15) is 0 Å². The summed E-state index contributed by atoms with van der Waals surface area (Å²) >= 11 is 12.5. The summed E-state index contributed by atoms with van der Waals surface area (Å²) in [5.41, 5.74) is 1.09. The van der Waals surface area contributed by atoms with Crippen LogP contribution in [-0.2, 0) is 0 Å². The lowest BCUT2D eigenvalue weighted by molar-refractivity contribution is 1.28. The van der Waals surface area contributed by atoms with E-state index in [1.807, 2.05) is 29.0 Å². The van der Waals surface area contributed by atoms with Gasteiger partial charge < -0.3 is 4.57 Å². The first kappa shape index (κ1) is 9.24. The first-order valence-electron chi connectivity index (χ1n) is 3.68. The highest BCUT2D eigenvalue weighted by molar-refractivity contribution is 9.10. The van der Waals surface area contributed by atoms with Gasteiger partial charge in [0.05, 0.1) is 5.52 Å². The second kappa shape index (κ2) is 3.44. The maximum atomic E-state index is 4.99. The standard InChI is InChI=1S/C9H6BrNS2/c10-7-1-2-8-6(5-7)3-4-11(8)9(12)13/h1-5H,(H,12,13). The maximum Gasteiger partial charge on any atom is 0.141 e. The number of fused-ring (bicyclic) bond motifs is 1. The molecule has 0 aliphatic rings. The average Bonchev–Trinajstić information content (AvgIpc) is 2.46. The van der Waals surface area contributed by atoms with E-state index < -0.39 is 0 Å². The van der Waals surface area contributed by atoms with Gasteiger partial charge in [-0.3, -0.25) is 0 Å². The third-order valence-corrected chi connectivity index (χ3v) is 2.76. The van der Waals surface area contributed by atoms with E-state index in [-0.39, 0.29) is 0 Å². The largest absolute Gasteiger partial charge is 0.302 e. The Balaban J connectivity index is 2.76. The van der Waals surface area contributed by atoms with Crippen molar-refractivity contribution >= 4 is 56.0 Å². The molecule has 2 rings (SSSR count). The smallest absolute Gasteiger partial charge is 0.141 e. The Labute approximate surface area is 95.3 Å². The van der Waals surface area contributed by atoms with E-state index in [1.54, 1.807) is 0 Å². The van der Waals surface area contributed by atoms with Gasteiger partial charge in [-0.25, -0.2) is 0 Å². The Morgan fingerprint density at radius 3 is 2.85 bits per heavy atom. The fourth-order valence-corrected chi connectivity index (χ4v) is 1.99. The molecular weight excluding hydrogens is 266 g/mol. The van der Waals surface area contributed by atoms with Crippen LogP contribution in [0.4, 0.5) is 0 Å². The SMILES string of the molecule is S=C(S)n1ccc2cc(Br)ccc21. The number of rotatable bonds is 0. The Hall–Kier alpha value is -0.320. The maximum absolute atomic E-state index is 4.99. The minimum absolute atomic E-state index is 0.567. The van der Waals surface area contributed by atoms with E-state index in [9.17, 15) is 0 Å². The molecule has 0 unspecified atom stereocenters. The number of hydrogen-bond acceptors (Lipinski definition) is 1. The third-order valence-electron chi connectivity index (χ3n) is 1.86. The van der Waals surface area contributed by atoms with E-state index in [0.29, 0.717) is 4.32 Å². The third kappa shape index (κ3) is 1.66. The normalized spacial score (nSPS) is 10.6. The Kier molecular flexibility index (Phi) is 2.45. The van der Waals surface area contributed by atoms with Crippen LogP contribution in [0.25, 0.3) is 10.9 Å². The number of thiocarbonyl (C=S) groups is 1. The van der Waals surface area contributed by atoms with Gasteiger partial charge in [0.1, 0.15) is 4.32 Å². The molecule has 1 aromatic carbocycles. The van der Waals surface area contributed by atoms with Crippen LogP contribution in [-0.4, -0.2) is 8.89 Å². The van der Waals surface area contributed by atoms with Crippen molar-refractivity contribution in [3.05, 3.63) is 34.9 Å². The molecule has 1 heterocycles. The van der Waals surface area contributed by atoms with Gasteiger partial charge in [0.15, 0.2) is 0 Å². The van der Waals surface area contributed by atoms with Crippen LogP contribution < -0.4 is 0 Å². The molecule has 0 fully saturated rings. The zero-order valence-electron chi connectivity index (χ0n) is 6.57. The molecule has 0 aliphatic heterocycles. The van der Waals surface area contributed by atoms with Crippen molar-refractivity contribution in [3.63, 3.8) is 0 Å². The van der Waals surface area contributed by atoms with Crippen molar-refractivity contribution in [2.45, 2.75) is 0 Å². The molecule has 1 nitrogen and oxygen atoms in total. The first-order chi connectivity index (χ1) is 6.18. The molecule has 4 heteroatoms. The number of benzene rings is 1. The van der Waals surface area contributed by atoms with Gasteiger partial charge in [0.25, 0.3) is 0 Å². The summed E-state index contributed by atoms with van der Waals surface area (Å²) in [6.45, 7) is 0. The quantitative estimate of drug-likeness (QED) is 0.568. The molecule has 0 amide bonds. The average molecular weight is 272 g/mol. The molecule has 0 N–H and O–H groups in total. The molecule has 0 saturated carbocycles. The topological polar surface area (TPSA) is 4.93 Å². The van der Waals surface area contributed by atoms with E-state index >= 15 is 0 Å². The van der Waals surface area contributed by atoms with E-state index in [2.05, 4.69) is 34.6 Å². The molecule has 0 atom stereocenters. The van der Waals surface area contributed by atoms with E-state index in [0.717, 1.165) is 15.4 Å². The summed E-state index contributed by atoms with van der Waals surface area (Å²) in [6.07, 6.45) is 1.92. The lowest BCUT2D eigenvalue weighted by Crippen LogP contribution is -1.98. The molecule has 0 radical (unpaired) electrons. The second-order valence-electron chi connectivity index (χ2n) is 2.67. The Bertz CT molecular complexity index is 475. The molecular formula is C9H6BrNS2. The minimum Gasteiger partial charge on any atom is -0.302 e. The van der Waals surface area contributed by atoms with Gasteiger partial charge in [-0.05, 0) is 24.3 Å². The summed E-state index contributed by atoms with van der Waals surface area (Å²) in [7, 11) is 0. The summed E-state index contributed by atoms with van der Waals surface area (Å²) in [4.78, 5) is 0. The number of nitrogens with zero attached hydrogens (tertiary/aromatic N) is 1. The van der Waals surface area contributed by atoms with Gasteiger partial charge in [-0.1, -0.05) is 28.1 Å². The zero-order chi connectivity index (χ0) is 9.42. The fraction of sp³-hybridized carbons (Fsp3) is 0. The van der Waals surface area contributed by atoms with Crippen molar-refractivity contribution in [1.29, 1.82) is 0 Å². The summed E-state index contributed by atoms with van der Waals surface area (Å²) in [6, 6.07) is 8.08. The Morgan fingerprint density at radius 2 is 2.15 bits per heavy atom. The number of aromatic nitrogens is 1. The van der Waals surface area contributed by atoms with Crippen molar-refractivity contribution in [3.8, 4) is 0 Å². The molecule has 0 saturated heterocycles. The van der Waals surface area contributed by atoms with Crippen LogP contribution in [0.5, 0.6) is 0 Å². The van der Waals surface area contributed by atoms with E-state index in [1.165, 1.54) is 0 Å². The first-order valence-corrected chi connectivity index (χ1v) is 5.33. The van der Waals surface area contributed by atoms with Crippen LogP contribution in [0.1, 0.15) is 0 Å². The van der Waals surface area contributed by atoms with Crippen molar-refractivity contribution in [2.75, 3.05) is 0 Å². The number of hydrogen-bond donors (Lipinski definition) is 1. The lowest BCUT2D eigenvalue weighted by Gasteiger charge is -2.00. The minimum atomic E-state index is 0.567. The number of thiol groups is 1. The predicted molar refractivity (Wildman–Crippen MR) is 66.6 cm³/mol. The van der Waals surface area contributed by atoms with Crippen molar-refractivity contribution in [1.82, 2.24) is 4.57 Å². The van der Waals surface area contributed by atoms with Gasteiger partial charge in [0, 0.05) is 16.1 Å². The van der Waals surface area contributed by atoms with Crippen LogP contribution >= 0.6 is 40.8 Å². The molecule has 0 bridgehead atoms. The fourth-order valence-electron chi connectivity index (χ4n) is 1.28. The Morgan fingerprint density at radius 1 is 1.38 bits per heavy atom. The van der Waals surface area contributed by atoms with Gasteiger partial charge in [0.2, 0.25) is 0 Å². The molecule has 1 aromatic heterocycles.